The summed E-state index contributed by atoms with van der Waals surface area (Å²) in [6, 6.07) is 0.116. The van der Waals surface area contributed by atoms with E-state index >= 15 is 0 Å². The minimum atomic E-state index is -0.773. The van der Waals surface area contributed by atoms with E-state index in [-0.39, 0.29) is 12.0 Å². The zero-order valence-corrected chi connectivity index (χ0v) is 9.97. The van der Waals surface area contributed by atoms with E-state index in [2.05, 4.69) is 10.3 Å². The molecule has 0 bridgehead atoms. The summed E-state index contributed by atoms with van der Waals surface area (Å²) in [7, 11) is 0. The highest BCUT2D eigenvalue weighted by Crippen LogP contribution is 2.18. The maximum absolute atomic E-state index is 10.6. The van der Waals surface area contributed by atoms with Crippen LogP contribution in [0, 0.1) is 12.8 Å². The SMILES string of the molecule is Cc1cnc(C(C)NCC(C)C(=O)O)s1. The van der Waals surface area contributed by atoms with E-state index < -0.39 is 5.97 Å². The van der Waals surface area contributed by atoms with Gasteiger partial charge < -0.3 is 10.4 Å². The Labute approximate surface area is 93.4 Å². The Morgan fingerprint density at radius 3 is 2.80 bits per heavy atom. The molecule has 0 spiro atoms. The molecule has 2 unspecified atom stereocenters. The number of carboxylic acid groups (broad SMARTS) is 1. The Kier molecular flexibility index (Phi) is 4.23. The molecule has 0 aliphatic carbocycles. The number of thiazole rings is 1. The molecule has 0 radical (unpaired) electrons. The third kappa shape index (κ3) is 3.60. The number of nitrogens with one attached hydrogen (secondary N) is 1. The second-order valence-electron chi connectivity index (χ2n) is 3.68. The average Bonchev–Trinajstić information content (AvgIpc) is 2.60. The van der Waals surface area contributed by atoms with Gasteiger partial charge in [-0.15, -0.1) is 11.3 Å². The highest BCUT2D eigenvalue weighted by Gasteiger charge is 2.14. The van der Waals surface area contributed by atoms with Crippen LogP contribution in [0.1, 0.15) is 29.8 Å². The summed E-state index contributed by atoms with van der Waals surface area (Å²) < 4.78 is 0. The summed E-state index contributed by atoms with van der Waals surface area (Å²) in [5, 5.41) is 12.9. The molecule has 0 saturated carbocycles. The van der Waals surface area contributed by atoms with Crippen LogP contribution in [0.3, 0.4) is 0 Å². The Morgan fingerprint density at radius 1 is 1.67 bits per heavy atom. The van der Waals surface area contributed by atoms with Gasteiger partial charge in [0.05, 0.1) is 12.0 Å². The van der Waals surface area contributed by atoms with Gasteiger partial charge in [0, 0.05) is 17.6 Å². The predicted molar refractivity (Wildman–Crippen MR) is 60.1 cm³/mol. The molecule has 2 atom stereocenters. The third-order valence-corrected chi connectivity index (χ3v) is 3.26. The van der Waals surface area contributed by atoms with Gasteiger partial charge in [-0.05, 0) is 13.8 Å². The number of carboxylic acids is 1. The molecule has 2 N–H and O–H groups in total. The molecule has 1 rings (SSSR count). The second kappa shape index (κ2) is 5.23. The molecule has 4 nitrogen and oxygen atoms in total. The third-order valence-electron chi connectivity index (χ3n) is 2.16. The Balaban J connectivity index is 2.43. The van der Waals surface area contributed by atoms with Crippen LogP contribution in [-0.2, 0) is 4.79 Å². The minimum Gasteiger partial charge on any atom is -0.481 e. The number of nitrogens with zero attached hydrogens (tertiary/aromatic N) is 1. The molecule has 1 heterocycles. The van der Waals surface area contributed by atoms with Gasteiger partial charge in [-0.1, -0.05) is 6.92 Å². The molecule has 1 aromatic heterocycles. The average molecular weight is 228 g/mol. The van der Waals surface area contributed by atoms with E-state index in [1.807, 2.05) is 20.0 Å². The molecule has 0 fully saturated rings. The highest BCUT2D eigenvalue weighted by molar-refractivity contribution is 7.11. The van der Waals surface area contributed by atoms with Crippen molar-refractivity contribution in [3.63, 3.8) is 0 Å². The van der Waals surface area contributed by atoms with E-state index in [1.165, 1.54) is 4.88 Å². The lowest BCUT2D eigenvalue weighted by molar-refractivity contribution is -0.140. The van der Waals surface area contributed by atoms with Gasteiger partial charge in [0.25, 0.3) is 0 Å². The number of hydrogen-bond acceptors (Lipinski definition) is 4. The molecule has 5 heteroatoms. The minimum absolute atomic E-state index is 0.116. The fourth-order valence-corrected chi connectivity index (χ4v) is 1.90. The number of aromatic nitrogens is 1. The van der Waals surface area contributed by atoms with E-state index in [1.54, 1.807) is 18.3 Å². The van der Waals surface area contributed by atoms with Crippen molar-refractivity contribution in [2.45, 2.75) is 26.8 Å². The van der Waals surface area contributed by atoms with Gasteiger partial charge in [0.15, 0.2) is 0 Å². The van der Waals surface area contributed by atoms with Crippen LogP contribution in [-0.4, -0.2) is 22.6 Å². The van der Waals surface area contributed by atoms with Crippen molar-refractivity contribution in [1.29, 1.82) is 0 Å². The first kappa shape index (κ1) is 12.1. The van der Waals surface area contributed by atoms with Crippen LogP contribution < -0.4 is 5.32 Å². The number of rotatable bonds is 5. The van der Waals surface area contributed by atoms with Gasteiger partial charge in [-0.3, -0.25) is 4.79 Å². The van der Waals surface area contributed by atoms with Crippen molar-refractivity contribution in [3.05, 3.63) is 16.1 Å². The van der Waals surface area contributed by atoms with Gasteiger partial charge in [0.2, 0.25) is 0 Å². The van der Waals surface area contributed by atoms with Crippen LogP contribution in [0.4, 0.5) is 0 Å². The standard InChI is InChI=1S/C10H16N2O2S/c1-6(10(13)14)4-11-8(3)9-12-5-7(2)15-9/h5-6,8,11H,4H2,1-3H3,(H,13,14). The second-order valence-corrected chi connectivity index (χ2v) is 4.94. The van der Waals surface area contributed by atoms with Crippen LogP contribution in [0.15, 0.2) is 6.20 Å². The molecule has 84 valence electrons. The maximum Gasteiger partial charge on any atom is 0.307 e. The monoisotopic (exact) mass is 228 g/mol. The lowest BCUT2D eigenvalue weighted by atomic mass is 10.2. The zero-order chi connectivity index (χ0) is 11.4. The van der Waals surface area contributed by atoms with Crippen LogP contribution in [0.5, 0.6) is 0 Å². The van der Waals surface area contributed by atoms with Gasteiger partial charge in [0.1, 0.15) is 5.01 Å². The maximum atomic E-state index is 10.6. The largest absolute Gasteiger partial charge is 0.481 e. The summed E-state index contributed by atoms with van der Waals surface area (Å²) in [5.74, 6) is -1.14. The summed E-state index contributed by atoms with van der Waals surface area (Å²) in [6.07, 6.45) is 1.83. The first-order valence-electron chi connectivity index (χ1n) is 4.89. The predicted octanol–water partition coefficient (Wildman–Crippen LogP) is 1.82. The molecular weight excluding hydrogens is 212 g/mol. The van der Waals surface area contributed by atoms with Crippen molar-refractivity contribution in [2.75, 3.05) is 6.54 Å². The summed E-state index contributed by atoms with van der Waals surface area (Å²) in [5.41, 5.74) is 0. The van der Waals surface area contributed by atoms with Crippen LogP contribution >= 0.6 is 11.3 Å². The first-order valence-corrected chi connectivity index (χ1v) is 5.71. The van der Waals surface area contributed by atoms with Crippen molar-refractivity contribution in [1.82, 2.24) is 10.3 Å². The summed E-state index contributed by atoms with van der Waals surface area (Å²) in [6.45, 7) is 6.16. The van der Waals surface area contributed by atoms with E-state index in [0.717, 1.165) is 5.01 Å². The van der Waals surface area contributed by atoms with E-state index in [9.17, 15) is 4.79 Å². The Morgan fingerprint density at radius 2 is 2.33 bits per heavy atom. The normalized spacial score (nSPS) is 14.9. The van der Waals surface area contributed by atoms with Gasteiger partial charge >= 0.3 is 5.97 Å². The van der Waals surface area contributed by atoms with E-state index in [4.69, 9.17) is 5.11 Å². The Hall–Kier alpha value is -0.940. The molecule has 0 aliphatic rings. The number of carbonyl (C=O) groups is 1. The van der Waals surface area contributed by atoms with Crippen LogP contribution in [0.25, 0.3) is 0 Å². The molecule has 15 heavy (non-hydrogen) atoms. The zero-order valence-electron chi connectivity index (χ0n) is 9.15. The number of hydrogen-bond donors (Lipinski definition) is 2. The molecule has 0 amide bonds. The fraction of sp³-hybridized carbons (Fsp3) is 0.600. The lowest BCUT2D eigenvalue weighted by Gasteiger charge is -2.13. The quantitative estimate of drug-likeness (QED) is 0.807. The topological polar surface area (TPSA) is 62.2 Å². The first-order chi connectivity index (χ1) is 7.00. The lowest BCUT2D eigenvalue weighted by Crippen LogP contribution is -2.28. The molecule has 1 aromatic rings. The molecule has 0 saturated heterocycles. The fourth-order valence-electron chi connectivity index (χ4n) is 1.10. The molecule has 0 aromatic carbocycles. The number of aryl methyl sites for hydroxylation is 1. The highest BCUT2D eigenvalue weighted by atomic mass is 32.1. The van der Waals surface area contributed by atoms with E-state index in [0.29, 0.717) is 6.54 Å². The molecular formula is C10H16N2O2S. The smallest absolute Gasteiger partial charge is 0.307 e. The van der Waals surface area contributed by atoms with Crippen LogP contribution in [0.2, 0.25) is 0 Å². The summed E-state index contributed by atoms with van der Waals surface area (Å²) >= 11 is 1.63. The van der Waals surface area contributed by atoms with Crippen molar-refractivity contribution < 1.29 is 9.90 Å². The number of aliphatic carboxylic acids is 1. The van der Waals surface area contributed by atoms with Crippen molar-refractivity contribution >= 4 is 17.3 Å². The van der Waals surface area contributed by atoms with Crippen molar-refractivity contribution in [2.24, 2.45) is 5.92 Å². The summed E-state index contributed by atoms with van der Waals surface area (Å²) in [4.78, 5) is 16.0. The Bertz CT molecular complexity index is 338. The van der Waals surface area contributed by atoms with Crippen molar-refractivity contribution in [3.8, 4) is 0 Å². The van der Waals surface area contributed by atoms with Gasteiger partial charge in [-0.25, -0.2) is 4.98 Å². The van der Waals surface area contributed by atoms with Gasteiger partial charge in [-0.2, -0.15) is 0 Å². The molecule has 0 aliphatic heterocycles.